The number of aromatic amines is 1. The first-order chi connectivity index (χ1) is 13.5. The third kappa shape index (κ3) is 3.40. The summed E-state index contributed by atoms with van der Waals surface area (Å²) in [5, 5.41) is 15.2. The van der Waals surface area contributed by atoms with Crippen LogP contribution in [0.4, 0.5) is 4.79 Å². The minimum absolute atomic E-state index is 0.0465. The van der Waals surface area contributed by atoms with Crippen LogP contribution in [0.3, 0.4) is 0 Å². The molecule has 0 radical (unpaired) electrons. The fourth-order valence-corrected chi connectivity index (χ4v) is 3.42. The molecule has 1 aromatic carbocycles. The fourth-order valence-electron chi connectivity index (χ4n) is 3.42. The van der Waals surface area contributed by atoms with Gasteiger partial charge in [0.05, 0.1) is 6.04 Å². The SMILES string of the molecule is CC(NC(=O)N1CCN(C(=O)c2cc3ccccc3[nH]2)CC1)c1nnnn1C. The Bertz CT molecular complexity index is 969. The van der Waals surface area contributed by atoms with E-state index in [0.29, 0.717) is 37.7 Å². The van der Waals surface area contributed by atoms with Crippen molar-refractivity contribution in [1.29, 1.82) is 0 Å². The predicted octanol–water partition coefficient (Wildman–Crippen LogP) is 0.920. The molecule has 3 aromatic rings. The van der Waals surface area contributed by atoms with Crippen molar-refractivity contribution in [1.82, 2.24) is 40.3 Å². The minimum Gasteiger partial charge on any atom is -0.351 e. The number of carbonyl (C=O) groups excluding carboxylic acids is 2. The Morgan fingerprint density at radius 2 is 1.86 bits per heavy atom. The number of nitrogens with one attached hydrogen (secondary N) is 2. The molecule has 2 N–H and O–H groups in total. The average molecular weight is 382 g/mol. The van der Waals surface area contributed by atoms with Crippen molar-refractivity contribution in [3.05, 3.63) is 41.9 Å². The zero-order chi connectivity index (χ0) is 19.7. The average Bonchev–Trinajstić information content (AvgIpc) is 3.33. The summed E-state index contributed by atoms with van der Waals surface area (Å²) in [6, 6.07) is 9.17. The van der Waals surface area contributed by atoms with Gasteiger partial charge in [-0.2, -0.15) is 0 Å². The number of rotatable bonds is 3. The second-order valence-electron chi connectivity index (χ2n) is 6.88. The number of carbonyl (C=O) groups is 2. The Balaban J connectivity index is 1.34. The number of piperazine rings is 1. The zero-order valence-corrected chi connectivity index (χ0v) is 15.8. The second kappa shape index (κ2) is 7.29. The number of hydrogen-bond donors (Lipinski definition) is 2. The van der Waals surface area contributed by atoms with E-state index in [9.17, 15) is 9.59 Å². The number of urea groups is 1. The lowest BCUT2D eigenvalue weighted by Gasteiger charge is -2.35. The highest BCUT2D eigenvalue weighted by Gasteiger charge is 2.27. The standard InChI is InChI=1S/C18H22N8O2/c1-12(16-21-22-23-24(16)2)19-18(28)26-9-7-25(8-10-26)17(27)15-11-13-5-3-4-6-14(13)20-15/h3-6,11-12,20H,7-10H2,1-2H3,(H,19,28). The van der Waals surface area contributed by atoms with E-state index >= 15 is 0 Å². The van der Waals surface area contributed by atoms with Crippen LogP contribution in [0.25, 0.3) is 10.9 Å². The third-order valence-electron chi connectivity index (χ3n) is 4.99. The molecule has 1 saturated heterocycles. The summed E-state index contributed by atoms with van der Waals surface area (Å²) >= 11 is 0. The van der Waals surface area contributed by atoms with Crippen LogP contribution in [0.1, 0.15) is 29.3 Å². The van der Waals surface area contributed by atoms with E-state index in [2.05, 4.69) is 25.8 Å². The zero-order valence-electron chi connectivity index (χ0n) is 15.8. The molecule has 0 saturated carbocycles. The molecule has 0 spiro atoms. The van der Waals surface area contributed by atoms with Crippen LogP contribution in [0.2, 0.25) is 0 Å². The summed E-state index contributed by atoms with van der Waals surface area (Å²) < 4.78 is 1.53. The van der Waals surface area contributed by atoms with Crippen molar-refractivity contribution >= 4 is 22.8 Å². The molecular formula is C18H22N8O2. The number of H-pyrrole nitrogens is 1. The Morgan fingerprint density at radius 1 is 1.14 bits per heavy atom. The molecule has 1 aliphatic rings. The largest absolute Gasteiger partial charge is 0.351 e. The molecule has 1 aliphatic heterocycles. The quantitative estimate of drug-likeness (QED) is 0.700. The van der Waals surface area contributed by atoms with E-state index in [1.807, 2.05) is 37.3 Å². The summed E-state index contributed by atoms with van der Waals surface area (Å²) in [7, 11) is 1.73. The van der Waals surface area contributed by atoms with E-state index < -0.39 is 0 Å². The molecule has 10 heteroatoms. The number of amides is 3. The smallest absolute Gasteiger partial charge is 0.318 e. The van der Waals surface area contributed by atoms with Gasteiger partial charge in [0.15, 0.2) is 5.82 Å². The summed E-state index contributed by atoms with van der Waals surface area (Å²) in [4.78, 5) is 31.9. The molecule has 3 amide bonds. The van der Waals surface area contributed by atoms with E-state index in [4.69, 9.17) is 0 Å². The molecule has 28 heavy (non-hydrogen) atoms. The summed E-state index contributed by atoms with van der Waals surface area (Å²) in [5.41, 5.74) is 1.51. The lowest BCUT2D eigenvalue weighted by molar-refractivity contribution is 0.0658. The van der Waals surface area contributed by atoms with Gasteiger partial charge in [0.1, 0.15) is 5.69 Å². The van der Waals surface area contributed by atoms with Crippen molar-refractivity contribution in [2.24, 2.45) is 7.05 Å². The number of benzene rings is 1. The first-order valence-corrected chi connectivity index (χ1v) is 9.17. The third-order valence-corrected chi connectivity index (χ3v) is 4.99. The van der Waals surface area contributed by atoms with Gasteiger partial charge < -0.3 is 20.1 Å². The number of aryl methyl sites for hydroxylation is 1. The number of para-hydroxylation sites is 1. The summed E-state index contributed by atoms with van der Waals surface area (Å²) in [5.74, 6) is 0.538. The van der Waals surface area contributed by atoms with Gasteiger partial charge >= 0.3 is 6.03 Å². The molecular weight excluding hydrogens is 360 g/mol. The lowest BCUT2D eigenvalue weighted by Crippen LogP contribution is -2.53. The van der Waals surface area contributed by atoms with Gasteiger partial charge in [-0.05, 0) is 29.5 Å². The highest BCUT2D eigenvalue weighted by atomic mass is 16.2. The number of nitrogens with zero attached hydrogens (tertiary/aromatic N) is 6. The van der Waals surface area contributed by atoms with Crippen LogP contribution < -0.4 is 5.32 Å². The summed E-state index contributed by atoms with van der Waals surface area (Å²) in [6.07, 6.45) is 0. The van der Waals surface area contributed by atoms with Crippen LogP contribution in [0, 0.1) is 0 Å². The molecule has 10 nitrogen and oxygen atoms in total. The fraction of sp³-hybridized carbons (Fsp3) is 0.389. The van der Waals surface area contributed by atoms with Gasteiger partial charge in [0.25, 0.3) is 5.91 Å². The van der Waals surface area contributed by atoms with Gasteiger partial charge in [-0.1, -0.05) is 18.2 Å². The minimum atomic E-state index is -0.307. The van der Waals surface area contributed by atoms with E-state index in [-0.39, 0.29) is 18.0 Å². The molecule has 0 aliphatic carbocycles. The molecule has 146 valence electrons. The van der Waals surface area contributed by atoms with Crippen molar-refractivity contribution < 1.29 is 9.59 Å². The summed E-state index contributed by atoms with van der Waals surface area (Å²) in [6.45, 7) is 3.76. The van der Waals surface area contributed by atoms with Crippen LogP contribution in [-0.4, -0.2) is 73.1 Å². The molecule has 0 bridgehead atoms. The van der Waals surface area contributed by atoms with E-state index in [0.717, 1.165) is 10.9 Å². The molecule has 2 aromatic heterocycles. The van der Waals surface area contributed by atoms with Crippen LogP contribution in [-0.2, 0) is 7.05 Å². The van der Waals surface area contributed by atoms with Crippen molar-refractivity contribution in [2.45, 2.75) is 13.0 Å². The lowest BCUT2D eigenvalue weighted by atomic mass is 10.2. The molecule has 1 fully saturated rings. The Kier molecular flexibility index (Phi) is 4.68. The first-order valence-electron chi connectivity index (χ1n) is 9.17. The highest BCUT2D eigenvalue weighted by molar-refractivity contribution is 5.98. The topological polar surface area (TPSA) is 112 Å². The second-order valence-corrected chi connectivity index (χ2v) is 6.88. The van der Waals surface area contributed by atoms with Gasteiger partial charge in [-0.3, -0.25) is 4.79 Å². The van der Waals surface area contributed by atoms with Crippen molar-refractivity contribution in [3.63, 3.8) is 0 Å². The van der Waals surface area contributed by atoms with E-state index in [1.54, 1.807) is 16.8 Å². The number of tetrazole rings is 1. The molecule has 4 rings (SSSR count). The monoisotopic (exact) mass is 382 g/mol. The molecule has 1 atom stereocenters. The van der Waals surface area contributed by atoms with Crippen LogP contribution in [0.5, 0.6) is 0 Å². The van der Waals surface area contributed by atoms with Crippen molar-refractivity contribution in [3.8, 4) is 0 Å². The van der Waals surface area contributed by atoms with Crippen molar-refractivity contribution in [2.75, 3.05) is 26.2 Å². The molecule has 1 unspecified atom stereocenters. The number of fused-ring (bicyclic) bond motifs is 1. The Hall–Kier alpha value is -3.43. The normalized spacial score (nSPS) is 15.6. The number of aromatic nitrogens is 5. The maximum Gasteiger partial charge on any atom is 0.318 e. The van der Waals surface area contributed by atoms with Gasteiger partial charge in [0, 0.05) is 44.1 Å². The first kappa shape index (κ1) is 18.0. The molecule has 3 heterocycles. The maximum absolute atomic E-state index is 12.8. The maximum atomic E-state index is 12.8. The Morgan fingerprint density at radius 3 is 2.54 bits per heavy atom. The van der Waals surface area contributed by atoms with Gasteiger partial charge in [0.2, 0.25) is 0 Å². The Labute approximate surface area is 161 Å². The van der Waals surface area contributed by atoms with Crippen LogP contribution >= 0.6 is 0 Å². The van der Waals surface area contributed by atoms with Gasteiger partial charge in [-0.25, -0.2) is 9.48 Å². The number of hydrogen-bond acceptors (Lipinski definition) is 5. The van der Waals surface area contributed by atoms with Crippen LogP contribution in [0.15, 0.2) is 30.3 Å². The highest BCUT2D eigenvalue weighted by Crippen LogP contribution is 2.17. The predicted molar refractivity (Wildman–Crippen MR) is 102 cm³/mol. The van der Waals surface area contributed by atoms with E-state index in [1.165, 1.54) is 4.68 Å². The van der Waals surface area contributed by atoms with Gasteiger partial charge in [-0.15, -0.1) is 5.10 Å².